The van der Waals surface area contributed by atoms with E-state index in [-0.39, 0.29) is 0 Å². The number of hydrogen-bond donors (Lipinski definition) is 0. The van der Waals surface area contributed by atoms with Gasteiger partial charge in [-0.1, -0.05) is 32.3 Å². The van der Waals surface area contributed by atoms with Crippen LogP contribution in [0, 0.1) is 0 Å². The van der Waals surface area contributed by atoms with Crippen LogP contribution in [-0.4, -0.2) is 14.5 Å². The van der Waals surface area contributed by atoms with E-state index in [1.54, 1.807) is 6.33 Å². The van der Waals surface area contributed by atoms with Crippen LogP contribution < -0.4 is 0 Å². The first kappa shape index (κ1) is 10.5. The van der Waals surface area contributed by atoms with Gasteiger partial charge >= 0.3 is 0 Å². The molecule has 2 aromatic heterocycles. The molecule has 0 saturated heterocycles. The smallest absolute Gasteiger partial charge is 0.116 e. The van der Waals surface area contributed by atoms with Gasteiger partial charge in [0.2, 0.25) is 0 Å². The molecule has 1 atom stereocenters. The highest BCUT2D eigenvalue weighted by Crippen LogP contribution is 2.35. The fourth-order valence-corrected chi connectivity index (χ4v) is 2.63. The van der Waals surface area contributed by atoms with E-state index in [0.717, 1.165) is 5.52 Å². The number of nitrogens with zero attached hydrogens (tertiary/aromatic N) is 3. The Morgan fingerprint density at radius 2 is 2.29 bits per heavy atom. The minimum atomic E-state index is 0.546. The normalized spacial score (nSPS) is 17.8. The molecule has 3 heteroatoms. The molecule has 17 heavy (non-hydrogen) atoms. The Bertz CT molecular complexity index is 554. The SMILES string of the molecule is CCCCCC1C=Cn2cc3ncncc3c21. The Balaban J connectivity index is 1.92. The monoisotopic (exact) mass is 227 g/mol. The van der Waals surface area contributed by atoms with Gasteiger partial charge in [-0.3, -0.25) is 0 Å². The fourth-order valence-electron chi connectivity index (χ4n) is 2.63. The third-order valence-corrected chi connectivity index (χ3v) is 3.51. The Kier molecular flexibility index (Phi) is 2.67. The first-order valence-corrected chi connectivity index (χ1v) is 6.39. The van der Waals surface area contributed by atoms with E-state index in [1.165, 1.54) is 36.8 Å². The minimum Gasteiger partial charge on any atom is -0.324 e. The molecule has 88 valence electrons. The van der Waals surface area contributed by atoms with Gasteiger partial charge in [-0.05, 0) is 6.42 Å². The zero-order chi connectivity index (χ0) is 11.7. The Morgan fingerprint density at radius 1 is 1.35 bits per heavy atom. The van der Waals surface area contributed by atoms with Gasteiger partial charge in [0, 0.05) is 35.6 Å². The maximum absolute atomic E-state index is 4.31. The fraction of sp³-hybridized carbons (Fsp3) is 0.429. The van der Waals surface area contributed by atoms with Gasteiger partial charge in [-0.2, -0.15) is 0 Å². The van der Waals surface area contributed by atoms with Gasteiger partial charge in [0.05, 0.1) is 5.52 Å². The standard InChI is InChI=1S/C14H17N3/c1-2-3-4-5-11-6-7-17-9-13-12(14(11)17)8-15-10-16-13/h6-11H,2-5H2,1H3. The lowest BCUT2D eigenvalue weighted by Gasteiger charge is -2.08. The summed E-state index contributed by atoms with van der Waals surface area (Å²) in [4.78, 5) is 8.45. The van der Waals surface area contributed by atoms with Crippen molar-refractivity contribution >= 4 is 17.1 Å². The molecule has 0 saturated carbocycles. The molecule has 0 radical (unpaired) electrons. The Hall–Kier alpha value is -1.64. The van der Waals surface area contributed by atoms with E-state index < -0.39 is 0 Å². The summed E-state index contributed by atoms with van der Waals surface area (Å²) >= 11 is 0. The van der Waals surface area contributed by atoms with Crippen LogP contribution in [-0.2, 0) is 0 Å². The van der Waals surface area contributed by atoms with E-state index in [1.807, 2.05) is 6.20 Å². The summed E-state index contributed by atoms with van der Waals surface area (Å²) in [5.74, 6) is 0.546. The molecular weight excluding hydrogens is 210 g/mol. The van der Waals surface area contributed by atoms with Crippen LogP contribution in [0.4, 0.5) is 0 Å². The van der Waals surface area contributed by atoms with E-state index in [2.05, 4.69) is 39.9 Å². The van der Waals surface area contributed by atoms with Crippen LogP contribution in [0.1, 0.15) is 44.2 Å². The third kappa shape index (κ3) is 1.75. The maximum Gasteiger partial charge on any atom is 0.116 e. The summed E-state index contributed by atoms with van der Waals surface area (Å²) in [6.07, 6.45) is 15.3. The van der Waals surface area contributed by atoms with Crippen molar-refractivity contribution in [1.29, 1.82) is 0 Å². The van der Waals surface area contributed by atoms with E-state index in [9.17, 15) is 0 Å². The lowest BCUT2D eigenvalue weighted by Crippen LogP contribution is -1.95. The van der Waals surface area contributed by atoms with Crippen LogP contribution in [0.15, 0.2) is 24.8 Å². The summed E-state index contributed by atoms with van der Waals surface area (Å²) in [7, 11) is 0. The van der Waals surface area contributed by atoms with E-state index >= 15 is 0 Å². The molecule has 3 rings (SSSR count). The first-order chi connectivity index (χ1) is 8.40. The van der Waals surface area contributed by atoms with Gasteiger partial charge < -0.3 is 4.57 Å². The molecule has 0 N–H and O–H groups in total. The number of rotatable bonds is 4. The molecule has 1 aliphatic heterocycles. The summed E-state index contributed by atoms with van der Waals surface area (Å²) < 4.78 is 2.20. The molecule has 0 aromatic carbocycles. The molecule has 0 spiro atoms. The molecule has 3 heterocycles. The molecule has 1 unspecified atom stereocenters. The Labute approximate surface area is 101 Å². The molecule has 0 aliphatic carbocycles. The van der Waals surface area contributed by atoms with Crippen molar-refractivity contribution in [1.82, 2.24) is 14.5 Å². The first-order valence-electron chi connectivity index (χ1n) is 6.39. The molecular formula is C14H17N3. The van der Waals surface area contributed by atoms with Gasteiger partial charge in [-0.25, -0.2) is 9.97 Å². The van der Waals surface area contributed by atoms with Crippen molar-refractivity contribution in [2.75, 3.05) is 0 Å². The second-order valence-corrected chi connectivity index (χ2v) is 4.69. The molecule has 1 aliphatic rings. The van der Waals surface area contributed by atoms with Crippen molar-refractivity contribution in [3.05, 3.63) is 30.5 Å². The lowest BCUT2D eigenvalue weighted by molar-refractivity contribution is 0.628. The van der Waals surface area contributed by atoms with E-state index in [0.29, 0.717) is 5.92 Å². The quantitative estimate of drug-likeness (QED) is 0.747. The molecule has 0 bridgehead atoms. The van der Waals surface area contributed by atoms with Gasteiger partial charge in [0.25, 0.3) is 0 Å². The number of allylic oxidation sites excluding steroid dienone is 1. The highest BCUT2D eigenvalue weighted by atomic mass is 15.0. The summed E-state index contributed by atoms with van der Waals surface area (Å²) in [6.45, 7) is 2.25. The second kappa shape index (κ2) is 4.32. The zero-order valence-electron chi connectivity index (χ0n) is 10.1. The van der Waals surface area contributed by atoms with Crippen LogP contribution in [0.2, 0.25) is 0 Å². The maximum atomic E-state index is 4.31. The second-order valence-electron chi connectivity index (χ2n) is 4.69. The highest BCUT2D eigenvalue weighted by Gasteiger charge is 2.21. The third-order valence-electron chi connectivity index (χ3n) is 3.51. The predicted molar refractivity (Wildman–Crippen MR) is 69.7 cm³/mol. The highest BCUT2D eigenvalue weighted by molar-refractivity contribution is 5.84. The largest absolute Gasteiger partial charge is 0.324 e. The number of aromatic nitrogens is 3. The summed E-state index contributed by atoms with van der Waals surface area (Å²) in [5.41, 5.74) is 2.43. The molecule has 2 aromatic rings. The van der Waals surface area contributed by atoms with Crippen LogP contribution >= 0.6 is 0 Å². The van der Waals surface area contributed by atoms with Gasteiger partial charge in [-0.15, -0.1) is 0 Å². The molecule has 0 fully saturated rings. The lowest BCUT2D eigenvalue weighted by atomic mass is 9.98. The van der Waals surface area contributed by atoms with Crippen molar-refractivity contribution in [2.45, 2.75) is 38.5 Å². The molecule has 0 amide bonds. The minimum absolute atomic E-state index is 0.546. The average molecular weight is 227 g/mol. The molecule has 3 nitrogen and oxygen atoms in total. The number of fused-ring (bicyclic) bond motifs is 3. The van der Waals surface area contributed by atoms with Crippen LogP contribution in [0.3, 0.4) is 0 Å². The van der Waals surface area contributed by atoms with Crippen molar-refractivity contribution < 1.29 is 0 Å². The zero-order valence-corrected chi connectivity index (χ0v) is 10.1. The Morgan fingerprint density at radius 3 is 3.18 bits per heavy atom. The van der Waals surface area contributed by atoms with Crippen LogP contribution in [0.5, 0.6) is 0 Å². The summed E-state index contributed by atoms with van der Waals surface area (Å²) in [6, 6.07) is 0. The van der Waals surface area contributed by atoms with Gasteiger partial charge in [0.1, 0.15) is 6.33 Å². The number of hydrogen-bond acceptors (Lipinski definition) is 2. The number of unbranched alkanes of at least 4 members (excludes halogenated alkanes) is 2. The van der Waals surface area contributed by atoms with Crippen molar-refractivity contribution in [2.24, 2.45) is 0 Å². The predicted octanol–water partition coefficient (Wildman–Crippen LogP) is 3.58. The summed E-state index contributed by atoms with van der Waals surface area (Å²) in [5, 5.41) is 1.21. The topological polar surface area (TPSA) is 30.7 Å². The van der Waals surface area contributed by atoms with Crippen LogP contribution in [0.25, 0.3) is 17.1 Å². The van der Waals surface area contributed by atoms with Crippen molar-refractivity contribution in [3.8, 4) is 0 Å². The van der Waals surface area contributed by atoms with E-state index in [4.69, 9.17) is 0 Å². The van der Waals surface area contributed by atoms with Crippen molar-refractivity contribution in [3.63, 3.8) is 0 Å². The van der Waals surface area contributed by atoms with Gasteiger partial charge in [0.15, 0.2) is 0 Å². The average Bonchev–Trinajstić information content (AvgIpc) is 2.89.